The molecule has 1 unspecified atom stereocenters. The summed E-state index contributed by atoms with van der Waals surface area (Å²) in [5.41, 5.74) is 0.261. The molecule has 3 aromatic heterocycles. The average molecular weight is 408 g/mol. The normalized spacial score (nSPS) is 17.8. The van der Waals surface area contributed by atoms with Crippen LogP contribution in [0.2, 0.25) is 5.15 Å². The number of fused-ring (bicyclic) bond motifs is 1. The molecule has 0 saturated carbocycles. The average Bonchev–Trinajstić information content (AvgIpc) is 3.25. The Morgan fingerprint density at radius 1 is 1.29 bits per heavy atom. The third-order valence-electron chi connectivity index (χ3n) is 4.99. The SMILES string of the molecule is CN(C)C1CCN(c2nn(-c3nccc(C(C)(F)F)n3)c3cc(Cl)ncc23)C1. The molecule has 10 heteroatoms. The predicted molar refractivity (Wildman–Crippen MR) is 103 cm³/mol. The Morgan fingerprint density at radius 3 is 2.75 bits per heavy atom. The van der Waals surface area contributed by atoms with E-state index in [0.717, 1.165) is 37.6 Å². The lowest BCUT2D eigenvalue weighted by molar-refractivity contribution is 0.0126. The monoisotopic (exact) mass is 407 g/mol. The molecule has 7 nitrogen and oxygen atoms in total. The maximum atomic E-state index is 13.7. The molecule has 0 aromatic carbocycles. The van der Waals surface area contributed by atoms with Crippen LogP contribution in [0.15, 0.2) is 24.5 Å². The quantitative estimate of drug-likeness (QED) is 0.619. The first kappa shape index (κ1) is 18.9. The molecule has 1 aliphatic heterocycles. The third-order valence-corrected chi connectivity index (χ3v) is 5.19. The summed E-state index contributed by atoms with van der Waals surface area (Å²) in [4.78, 5) is 16.7. The maximum Gasteiger partial charge on any atom is 0.287 e. The minimum absolute atomic E-state index is 0.0703. The highest BCUT2D eigenvalue weighted by Crippen LogP contribution is 2.32. The van der Waals surface area contributed by atoms with Crippen molar-refractivity contribution in [3.8, 4) is 5.95 Å². The fourth-order valence-corrected chi connectivity index (χ4v) is 3.56. The third kappa shape index (κ3) is 3.40. The van der Waals surface area contributed by atoms with E-state index in [-0.39, 0.29) is 16.8 Å². The van der Waals surface area contributed by atoms with Gasteiger partial charge in [0.25, 0.3) is 11.9 Å². The van der Waals surface area contributed by atoms with Crippen LogP contribution < -0.4 is 4.90 Å². The second-order valence-corrected chi connectivity index (χ2v) is 7.63. The van der Waals surface area contributed by atoms with E-state index in [1.165, 1.54) is 16.9 Å². The summed E-state index contributed by atoms with van der Waals surface area (Å²) in [5.74, 6) is -2.28. The fourth-order valence-electron chi connectivity index (χ4n) is 3.41. The molecule has 1 atom stereocenters. The second kappa shape index (κ2) is 6.89. The van der Waals surface area contributed by atoms with Crippen LogP contribution in [0.3, 0.4) is 0 Å². The molecule has 0 aliphatic carbocycles. The van der Waals surface area contributed by atoms with Gasteiger partial charge in [0.1, 0.15) is 10.8 Å². The van der Waals surface area contributed by atoms with Crippen molar-refractivity contribution in [1.29, 1.82) is 0 Å². The van der Waals surface area contributed by atoms with Crippen LogP contribution in [0.25, 0.3) is 16.9 Å². The van der Waals surface area contributed by atoms with E-state index in [1.807, 2.05) is 0 Å². The Morgan fingerprint density at radius 2 is 2.07 bits per heavy atom. The molecule has 3 aromatic rings. The van der Waals surface area contributed by atoms with Crippen molar-refractivity contribution in [1.82, 2.24) is 29.6 Å². The van der Waals surface area contributed by atoms with Gasteiger partial charge in [-0.15, -0.1) is 5.10 Å². The van der Waals surface area contributed by atoms with Crippen LogP contribution in [0, 0.1) is 0 Å². The van der Waals surface area contributed by atoms with E-state index < -0.39 is 5.92 Å². The number of hydrogen-bond donors (Lipinski definition) is 0. The first-order chi connectivity index (χ1) is 13.2. The van der Waals surface area contributed by atoms with Crippen molar-refractivity contribution in [3.05, 3.63) is 35.4 Å². The van der Waals surface area contributed by atoms with Crippen molar-refractivity contribution in [2.75, 3.05) is 32.1 Å². The van der Waals surface area contributed by atoms with Gasteiger partial charge in [0.2, 0.25) is 0 Å². The number of nitrogens with zero attached hydrogens (tertiary/aromatic N) is 7. The molecule has 0 spiro atoms. The summed E-state index contributed by atoms with van der Waals surface area (Å²) in [6.07, 6.45) is 3.97. The van der Waals surface area contributed by atoms with Crippen molar-refractivity contribution in [2.24, 2.45) is 0 Å². The number of rotatable bonds is 4. The minimum Gasteiger partial charge on any atom is -0.353 e. The zero-order chi connectivity index (χ0) is 20.1. The molecule has 0 amide bonds. The molecule has 0 bridgehead atoms. The van der Waals surface area contributed by atoms with E-state index in [2.05, 4.69) is 43.9 Å². The van der Waals surface area contributed by atoms with Crippen LogP contribution in [0.4, 0.5) is 14.6 Å². The molecule has 1 aliphatic rings. The number of aromatic nitrogens is 5. The number of halogens is 3. The zero-order valence-corrected chi connectivity index (χ0v) is 16.5. The summed E-state index contributed by atoms with van der Waals surface area (Å²) in [5, 5.41) is 5.72. The van der Waals surface area contributed by atoms with E-state index in [0.29, 0.717) is 11.6 Å². The Kier molecular flexibility index (Phi) is 4.67. The van der Waals surface area contributed by atoms with E-state index >= 15 is 0 Å². The number of anilines is 1. The van der Waals surface area contributed by atoms with Crippen LogP contribution in [0.5, 0.6) is 0 Å². The predicted octanol–water partition coefficient (Wildman–Crippen LogP) is 3.12. The van der Waals surface area contributed by atoms with E-state index in [1.54, 1.807) is 12.3 Å². The summed E-state index contributed by atoms with van der Waals surface area (Å²) < 4.78 is 28.9. The summed E-state index contributed by atoms with van der Waals surface area (Å²) in [7, 11) is 4.10. The first-order valence-corrected chi connectivity index (χ1v) is 9.29. The lowest BCUT2D eigenvalue weighted by Gasteiger charge is -2.20. The van der Waals surface area contributed by atoms with Crippen molar-refractivity contribution in [3.63, 3.8) is 0 Å². The highest BCUT2D eigenvalue weighted by molar-refractivity contribution is 6.30. The van der Waals surface area contributed by atoms with Crippen LogP contribution in [-0.2, 0) is 5.92 Å². The van der Waals surface area contributed by atoms with Crippen LogP contribution in [0.1, 0.15) is 19.0 Å². The molecule has 4 rings (SSSR count). The molecule has 4 heterocycles. The van der Waals surface area contributed by atoms with Gasteiger partial charge >= 0.3 is 0 Å². The van der Waals surface area contributed by atoms with Crippen molar-refractivity contribution >= 4 is 28.3 Å². The molecule has 0 radical (unpaired) electrons. The molecule has 0 N–H and O–H groups in total. The number of pyridine rings is 1. The number of hydrogen-bond acceptors (Lipinski definition) is 6. The topological polar surface area (TPSA) is 63.0 Å². The summed E-state index contributed by atoms with van der Waals surface area (Å²) in [6.45, 7) is 2.46. The molecule has 28 heavy (non-hydrogen) atoms. The highest BCUT2D eigenvalue weighted by atomic mass is 35.5. The Bertz CT molecular complexity index is 1010. The van der Waals surface area contributed by atoms with Gasteiger partial charge in [-0.3, -0.25) is 0 Å². The Hall–Kier alpha value is -2.39. The van der Waals surface area contributed by atoms with Crippen LogP contribution >= 0.6 is 11.6 Å². The lowest BCUT2D eigenvalue weighted by atomic mass is 10.2. The van der Waals surface area contributed by atoms with Gasteiger partial charge in [-0.25, -0.2) is 15.0 Å². The molecule has 148 valence electrons. The van der Waals surface area contributed by atoms with Gasteiger partial charge in [-0.1, -0.05) is 11.6 Å². The summed E-state index contributed by atoms with van der Waals surface area (Å²) >= 11 is 6.08. The number of likely N-dealkylation sites (N-methyl/N-ethyl adjacent to an activating group) is 1. The largest absolute Gasteiger partial charge is 0.353 e. The first-order valence-electron chi connectivity index (χ1n) is 8.91. The molecule has 1 saturated heterocycles. The Labute approximate surface area is 166 Å². The number of alkyl halides is 2. The Balaban J connectivity index is 1.83. The summed E-state index contributed by atoms with van der Waals surface area (Å²) in [6, 6.07) is 3.26. The van der Waals surface area contributed by atoms with Crippen molar-refractivity contribution < 1.29 is 8.78 Å². The van der Waals surface area contributed by atoms with Gasteiger partial charge in [0, 0.05) is 44.5 Å². The van der Waals surface area contributed by atoms with Gasteiger partial charge < -0.3 is 9.80 Å². The second-order valence-electron chi connectivity index (χ2n) is 7.24. The van der Waals surface area contributed by atoms with Gasteiger partial charge in [0.15, 0.2) is 5.82 Å². The van der Waals surface area contributed by atoms with E-state index in [4.69, 9.17) is 11.6 Å². The van der Waals surface area contributed by atoms with Crippen molar-refractivity contribution in [2.45, 2.75) is 25.3 Å². The highest BCUT2D eigenvalue weighted by Gasteiger charge is 2.30. The van der Waals surface area contributed by atoms with Gasteiger partial charge in [0.05, 0.1) is 10.9 Å². The molecular weight excluding hydrogens is 388 g/mol. The van der Waals surface area contributed by atoms with Crippen LogP contribution in [-0.4, -0.2) is 62.9 Å². The van der Waals surface area contributed by atoms with Gasteiger partial charge in [-0.05, 0) is 26.6 Å². The van der Waals surface area contributed by atoms with Gasteiger partial charge in [-0.2, -0.15) is 13.5 Å². The standard InChI is InChI=1S/C18H20ClF2N7/c1-18(20,21)14-4-6-22-17(24-14)28-13-8-15(19)23-9-12(13)16(25-28)27-7-5-11(10-27)26(2)3/h4,6,8-9,11H,5,7,10H2,1-3H3. The molecule has 1 fully saturated rings. The maximum absolute atomic E-state index is 13.7. The fraction of sp³-hybridized carbons (Fsp3) is 0.444. The molecular formula is C18H20ClF2N7. The smallest absolute Gasteiger partial charge is 0.287 e. The zero-order valence-electron chi connectivity index (χ0n) is 15.8. The van der Waals surface area contributed by atoms with E-state index in [9.17, 15) is 8.78 Å². The minimum atomic E-state index is -3.07. The lowest BCUT2D eigenvalue weighted by Crippen LogP contribution is -2.31.